The van der Waals surface area contributed by atoms with Crippen LogP contribution in [0.1, 0.15) is 32.1 Å². The van der Waals surface area contributed by atoms with Crippen molar-refractivity contribution in [3.05, 3.63) is 42.2 Å². The van der Waals surface area contributed by atoms with Crippen LogP contribution in [0.15, 0.2) is 36.4 Å². The van der Waals surface area contributed by atoms with Crippen LogP contribution in [-0.4, -0.2) is 87.6 Å². The smallest absolute Gasteiger partial charge is 0.319 e. The quantitative estimate of drug-likeness (QED) is 0.362. The van der Waals surface area contributed by atoms with Crippen LogP contribution in [-0.2, 0) is 0 Å². The molecule has 2 aromatic heterocycles. The first-order valence-corrected chi connectivity index (χ1v) is 15.3. The summed E-state index contributed by atoms with van der Waals surface area (Å²) in [6, 6.07) is 10.5. The van der Waals surface area contributed by atoms with E-state index in [0.29, 0.717) is 71.0 Å². The van der Waals surface area contributed by atoms with Gasteiger partial charge in [-0.3, -0.25) is 4.90 Å². The van der Waals surface area contributed by atoms with Gasteiger partial charge in [-0.25, -0.2) is 13.8 Å². The minimum Gasteiger partial charge on any atom is -0.508 e. The van der Waals surface area contributed by atoms with Gasteiger partial charge >= 0.3 is 6.01 Å². The lowest BCUT2D eigenvalue weighted by Gasteiger charge is -2.40. The number of aromatic hydroxyl groups is 1. The summed E-state index contributed by atoms with van der Waals surface area (Å²) in [5, 5.41) is 15.9. The Morgan fingerprint density at radius 1 is 1.12 bits per heavy atom. The summed E-state index contributed by atoms with van der Waals surface area (Å²) in [5.74, 6) is 0.702. The number of phenols is 1. The Morgan fingerprint density at radius 3 is 2.98 bits per heavy atom. The molecule has 2 N–H and O–H groups in total. The van der Waals surface area contributed by atoms with Crippen molar-refractivity contribution >= 4 is 27.5 Å². The molecule has 0 radical (unpaired) electrons. The predicted octanol–water partition coefficient (Wildman–Crippen LogP) is 4.35. The molecule has 0 amide bonds. The van der Waals surface area contributed by atoms with Crippen molar-refractivity contribution < 1.29 is 23.4 Å². The number of nitrogens with one attached hydrogen (secondary N) is 1. The molecule has 5 aliphatic rings. The molecule has 9 rings (SSSR count). The zero-order chi connectivity index (χ0) is 28.9. The number of anilines is 1. The van der Waals surface area contributed by atoms with Gasteiger partial charge in [0.1, 0.15) is 42.2 Å². The number of hydrogen-bond acceptors (Lipinski definition) is 9. The number of benzene rings is 2. The summed E-state index contributed by atoms with van der Waals surface area (Å²) < 4.78 is 42.4. The van der Waals surface area contributed by atoms with Crippen LogP contribution in [0.25, 0.3) is 32.9 Å². The van der Waals surface area contributed by atoms with E-state index in [1.165, 1.54) is 18.2 Å². The molecule has 0 aliphatic carbocycles. The molecule has 2 aromatic carbocycles. The van der Waals surface area contributed by atoms with E-state index in [1.54, 1.807) is 18.2 Å². The number of ether oxygens (including phenoxy) is 2. The molecule has 11 heteroatoms. The standard InChI is InChI=1S/C32H32F2N6O3/c33-18-12-32(7-2-8-39(32)13-18)16-43-31-37-25-11-24(21-10-20(41)9-17-3-1-4-22(34)27(17)21)36-30-28(25)29(38-31)40-14-19-5-6-23(35-19)26(40)15-42-30/h1,3-4,9-11,18-19,23,26,35,41H,2,5-8,12-16H2/t18-,19+,23-,26-,32-/m0/s1. The molecule has 0 unspecified atom stereocenters. The molecule has 4 aromatic rings. The first kappa shape index (κ1) is 25.6. The number of nitrogens with zero attached hydrogens (tertiary/aromatic N) is 5. The first-order valence-electron chi connectivity index (χ1n) is 15.3. The van der Waals surface area contributed by atoms with Crippen LogP contribution >= 0.6 is 0 Å². The molecule has 7 heterocycles. The normalized spacial score (nSPS) is 29.5. The van der Waals surface area contributed by atoms with Crippen molar-refractivity contribution in [1.82, 2.24) is 25.2 Å². The second-order valence-corrected chi connectivity index (χ2v) is 12.8. The lowest BCUT2D eigenvalue weighted by molar-refractivity contribution is 0.107. The Labute approximate surface area is 246 Å². The Morgan fingerprint density at radius 2 is 2.05 bits per heavy atom. The van der Waals surface area contributed by atoms with Crippen molar-refractivity contribution in [3.8, 4) is 28.9 Å². The fourth-order valence-corrected chi connectivity index (χ4v) is 8.31. The van der Waals surface area contributed by atoms with Crippen LogP contribution in [0.3, 0.4) is 0 Å². The summed E-state index contributed by atoms with van der Waals surface area (Å²) in [4.78, 5) is 19.2. The van der Waals surface area contributed by atoms with E-state index in [9.17, 15) is 9.50 Å². The maximum atomic E-state index is 15.2. The van der Waals surface area contributed by atoms with Crippen molar-refractivity contribution in [3.63, 3.8) is 0 Å². The van der Waals surface area contributed by atoms with E-state index in [1.807, 2.05) is 0 Å². The van der Waals surface area contributed by atoms with Gasteiger partial charge < -0.3 is 24.8 Å². The molecule has 43 heavy (non-hydrogen) atoms. The van der Waals surface area contributed by atoms with E-state index in [0.717, 1.165) is 44.6 Å². The fraction of sp³-hybridized carbons (Fsp3) is 0.469. The highest BCUT2D eigenvalue weighted by Crippen LogP contribution is 2.44. The number of piperazine rings is 1. The zero-order valence-electron chi connectivity index (χ0n) is 23.6. The van der Waals surface area contributed by atoms with Gasteiger partial charge in [0.05, 0.1) is 22.8 Å². The summed E-state index contributed by atoms with van der Waals surface area (Å²) in [7, 11) is 0. The van der Waals surface area contributed by atoms with Gasteiger partial charge in [0.25, 0.3) is 0 Å². The number of alkyl halides is 1. The molecule has 9 nitrogen and oxygen atoms in total. The Kier molecular flexibility index (Phi) is 5.57. The third kappa shape index (κ3) is 3.97. The van der Waals surface area contributed by atoms with Crippen LogP contribution in [0.2, 0.25) is 0 Å². The highest BCUT2D eigenvalue weighted by atomic mass is 19.1. The molecular weight excluding hydrogens is 554 g/mol. The Hall–Kier alpha value is -3.83. The highest BCUT2D eigenvalue weighted by molar-refractivity contribution is 6.01. The second kappa shape index (κ2) is 9.33. The number of phenolic OH excluding ortho intramolecular Hbond substituents is 1. The van der Waals surface area contributed by atoms with Gasteiger partial charge in [-0.1, -0.05) is 12.1 Å². The fourth-order valence-electron chi connectivity index (χ4n) is 8.31. The SMILES string of the molecule is Oc1cc(-c2cc3nc(OC[C@@]45CCCN4C[C@@H](F)C5)nc4c3c(n2)OC[C@H]2[C@@H]3CC[C@H](CN42)N3)c2c(F)cccc2c1. The monoisotopic (exact) mass is 586 g/mol. The first-order chi connectivity index (χ1) is 20.9. The van der Waals surface area contributed by atoms with Crippen LogP contribution in [0, 0.1) is 5.82 Å². The molecule has 0 saturated carbocycles. The Balaban J connectivity index is 1.20. The van der Waals surface area contributed by atoms with Crippen molar-refractivity contribution in [2.24, 2.45) is 0 Å². The van der Waals surface area contributed by atoms with E-state index >= 15 is 4.39 Å². The van der Waals surface area contributed by atoms with E-state index in [-0.39, 0.29) is 29.4 Å². The third-order valence-electron chi connectivity index (χ3n) is 10.2. The molecule has 0 spiro atoms. The second-order valence-electron chi connectivity index (χ2n) is 12.8. The van der Waals surface area contributed by atoms with Crippen LogP contribution < -0.4 is 19.7 Å². The average Bonchev–Trinajstić information content (AvgIpc) is 3.62. The van der Waals surface area contributed by atoms with E-state index in [4.69, 9.17) is 24.4 Å². The maximum absolute atomic E-state index is 15.2. The molecular formula is C32H32F2N6O3. The number of pyridine rings is 1. The van der Waals surface area contributed by atoms with Gasteiger partial charge in [-0.05, 0) is 61.9 Å². The summed E-state index contributed by atoms with van der Waals surface area (Å²) in [6.07, 6.45) is 3.67. The van der Waals surface area contributed by atoms with Crippen LogP contribution in [0.5, 0.6) is 17.6 Å². The molecule has 4 fully saturated rings. The number of hydrogen-bond donors (Lipinski definition) is 2. The van der Waals surface area contributed by atoms with Crippen molar-refractivity contribution in [2.45, 2.75) is 61.9 Å². The molecule has 222 valence electrons. The largest absolute Gasteiger partial charge is 0.508 e. The summed E-state index contributed by atoms with van der Waals surface area (Å²) in [6.45, 7) is 2.83. The molecule has 2 bridgehead atoms. The summed E-state index contributed by atoms with van der Waals surface area (Å²) in [5.41, 5.74) is 1.11. The van der Waals surface area contributed by atoms with Gasteiger partial charge in [-0.15, -0.1) is 0 Å². The molecule has 5 atom stereocenters. The van der Waals surface area contributed by atoms with Gasteiger partial charge in [0.2, 0.25) is 5.88 Å². The number of fused-ring (bicyclic) bond motifs is 7. The highest BCUT2D eigenvalue weighted by Gasteiger charge is 2.49. The Bertz CT molecular complexity index is 1790. The van der Waals surface area contributed by atoms with E-state index < -0.39 is 12.0 Å². The lowest BCUT2D eigenvalue weighted by atomic mass is 9.95. The topological polar surface area (TPSA) is 95.9 Å². The van der Waals surface area contributed by atoms with E-state index in [2.05, 4.69) is 15.1 Å². The van der Waals surface area contributed by atoms with Gasteiger partial charge in [0.15, 0.2) is 0 Å². The zero-order valence-corrected chi connectivity index (χ0v) is 23.6. The molecule has 5 aliphatic heterocycles. The third-order valence-corrected chi connectivity index (χ3v) is 10.2. The maximum Gasteiger partial charge on any atom is 0.319 e. The van der Waals surface area contributed by atoms with Crippen molar-refractivity contribution in [2.75, 3.05) is 37.7 Å². The average molecular weight is 587 g/mol. The van der Waals surface area contributed by atoms with Crippen LogP contribution in [0.4, 0.5) is 14.6 Å². The molecule has 4 saturated heterocycles. The minimum absolute atomic E-state index is 0.0107. The summed E-state index contributed by atoms with van der Waals surface area (Å²) >= 11 is 0. The number of halogens is 2. The lowest BCUT2D eigenvalue weighted by Crippen LogP contribution is -2.60. The van der Waals surface area contributed by atoms with Gasteiger partial charge in [-0.2, -0.15) is 9.97 Å². The number of rotatable bonds is 4. The minimum atomic E-state index is -0.853. The van der Waals surface area contributed by atoms with Gasteiger partial charge in [0, 0.05) is 42.5 Å². The predicted molar refractivity (Wildman–Crippen MR) is 157 cm³/mol. The van der Waals surface area contributed by atoms with Crippen molar-refractivity contribution in [1.29, 1.82) is 0 Å². The number of aromatic nitrogens is 3.